The van der Waals surface area contributed by atoms with Crippen molar-refractivity contribution in [2.75, 3.05) is 13.2 Å². The van der Waals surface area contributed by atoms with E-state index in [1.165, 1.54) is 51.4 Å². The molecule has 1 amide bonds. The maximum absolute atomic E-state index is 12.9. The van der Waals surface area contributed by atoms with Crippen molar-refractivity contribution in [3.63, 3.8) is 0 Å². The normalized spacial score (nSPS) is 24.7. The van der Waals surface area contributed by atoms with Gasteiger partial charge in [0.15, 0.2) is 6.29 Å². The number of benzene rings is 1. The maximum atomic E-state index is 12.9. The fourth-order valence-electron chi connectivity index (χ4n) is 5.14. The van der Waals surface area contributed by atoms with Gasteiger partial charge in [0.1, 0.15) is 30.5 Å². The highest BCUT2D eigenvalue weighted by Crippen LogP contribution is 2.23. The summed E-state index contributed by atoms with van der Waals surface area (Å²) in [5.41, 5.74) is 0.324. The molecule has 1 aliphatic rings. The summed E-state index contributed by atoms with van der Waals surface area (Å²) in [4.78, 5) is 12.9. The number of ether oxygens (including phenoxy) is 2. The molecule has 42 heavy (non-hydrogen) atoms. The molecule has 1 saturated heterocycles. The first-order valence-corrected chi connectivity index (χ1v) is 16.3. The van der Waals surface area contributed by atoms with Crippen molar-refractivity contribution in [1.29, 1.82) is 0 Å². The van der Waals surface area contributed by atoms with Crippen LogP contribution < -0.4 is 5.32 Å². The molecule has 11 heteroatoms. The number of amides is 1. The lowest BCUT2D eigenvalue weighted by atomic mass is 9.98. The molecule has 0 saturated carbocycles. The molecule has 1 fully saturated rings. The van der Waals surface area contributed by atoms with Crippen LogP contribution >= 0.6 is 15.9 Å². The van der Waals surface area contributed by atoms with Crippen molar-refractivity contribution in [3.8, 4) is 0 Å². The molecule has 242 valence electrons. The van der Waals surface area contributed by atoms with Gasteiger partial charge in [-0.05, 0) is 24.6 Å². The van der Waals surface area contributed by atoms with Crippen LogP contribution in [0.5, 0.6) is 0 Å². The van der Waals surface area contributed by atoms with Crippen LogP contribution in [-0.2, 0) is 9.47 Å². The first kappa shape index (κ1) is 37.0. The molecule has 0 aliphatic carbocycles. The van der Waals surface area contributed by atoms with Gasteiger partial charge in [0.05, 0.1) is 25.4 Å². The van der Waals surface area contributed by atoms with Crippen LogP contribution in [0.1, 0.15) is 101 Å². The number of aliphatic hydroxyl groups is 6. The van der Waals surface area contributed by atoms with E-state index in [1.807, 2.05) is 0 Å². The van der Waals surface area contributed by atoms with Gasteiger partial charge in [-0.2, -0.15) is 0 Å². The zero-order valence-corrected chi connectivity index (χ0v) is 26.4. The second-order valence-corrected chi connectivity index (χ2v) is 12.3. The molecule has 10 nitrogen and oxygen atoms in total. The van der Waals surface area contributed by atoms with Crippen molar-refractivity contribution in [2.45, 2.75) is 139 Å². The van der Waals surface area contributed by atoms with E-state index < -0.39 is 61.5 Å². The number of halogens is 1. The van der Waals surface area contributed by atoms with Crippen molar-refractivity contribution in [1.82, 2.24) is 5.32 Å². The first-order valence-electron chi connectivity index (χ1n) is 15.5. The van der Waals surface area contributed by atoms with Gasteiger partial charge in [-0.25, -0.2) is 0 Å². The number of carbonyl (C=O) groups excluding carboxylic acids is 1. The number of rotatable bonds is 21. The molecule has 8 atom stereocenters. The fourth-order valence-corrected chi connectivity index (χ4v) is 5.54. The average Bonchev–Trinajstić information content (AvgIpc) is 2.98. The highest BCUT2D eigenvalue weighted by molar-refractivity contribution is 9.10. The number of unbranched alkanes of at least 4 members (excludes halogenated alkanes) is 11. The molecule has 2 rings (SSSR count). The monoisotopic (exact) mass is 661 g/mol. The second-order valence-electron chi connectivity index (χ2n) is 11.4. The Morgan fingerprint density at radius 1 is 0.929 bits per heavy atom. The predicted molar refractivity (Wildman–Crippen MR) is 163 cm³/mol. The minimum atomic E-state index is -1.63. The smallest absolute Gasteiger partial charge is 0.251 e. The Morgan fingerprint density at radius 3 is 2.10 bits per heavy atom. The largest absolute Gasteiger partial charge is 0.394 e. The van der Waals surface area contributed by atoms with E-state index in [0.29, 0.717) is 16.5 Å². The van der Waals surface area contributed by atoms with Crippen LogP contribution in [0.3, 0.4) is 0 Å². The van der Waals surface area contributed by atoms with E-state index in [9.17, 15) is 35.4 Å². The van der Waals surface area contributed by atoms with Crippen LogP contribution in [0, 0.1) is 0 Å². The van der Waals surface area contributed by atoms with Gasteiger partial charge in [-0.15, -0.1) is 0 Å². The van der Waals surface area contributed by atoms with Crippen molar-refractivity contribution in [2.24, 2.45) is 0 Å². The Bertz CT molecular complexity index is 877. The molecule has 1 aromatic rings. The average molecular weight is 663 g/mol. The predicted octanol–water partition coefficient (Wildman–Crippen LogP) is 3.18. The Hall–Kier alpha value is -1.15. The summed E-state index contributed by atoms with van der Waals surface area (Å²) in [5.74, 6) is -0.504. The Balaban J connectivity index is 1.86. The van der Waals surface area contributed by atoms with Gasteiger partial charge < -0.3 is 45.4 Å². The molecule has 0 aromatic heterocycles. The van der Waals surface area contributed by atoms with Gasteiger partial charge in [-0.1, -0.05) is 106 Å². The molecule has 1 aliphatic heterocycles. The van der Waals surface area contributed by atoms with Gasteiger partial charge in [-0.3, -0.25) is 4.79 Å². The summed E-state index contributed by atoms with van der Waals surface area (Å²) in [6.07, 6.45) is 4.55. The number of hydrogen-bond acceptors (Lipinski definition) is 9. The molecule has 0 spiro atoms. The Labute approximate surface area is 258 Å². The molecular formula is C31H52BrNO9. The highest BCUT2D eigenvalue weighted by Gasteiger charge is 2.44. The summed E-state index contributed by atoms with van der Waals surface area (Å²) in [6.45, 7) is 1.23. The third-order valence-corrected chi connectivity index (χ3v) is 8.34. The van der Waals surface area contributed by atoms with Crippen molar-refractivity contribution < 1.29 is 44.9 Å². The molecule has 0 radical (unpaired) electrons. The van der Waals surface area contributed by atoms with Crippen LogP contribution in [0.2, 0.25) is 0 Å². The summed E-state index contributed by atoms with van der Waals surface area (Å²) in [5, 5.41) is 64.3. The van der Waals surface area contributed by atoms with E-state index in [1.54, 1.807) is 24.3 Å². The van der Waals surface area contributed by atoms with E-state index in [0.717, 1.165) is 25.7 Å². The van der Waals surface area contributed by atoms with Crippen LogP contribution in [0.15, 0.2) is 28.7 Å². The fraction of sp³-hybridized carbons (Fsp3) is 0.774. The third kappa shape index (κ3) is 12.8. The van der Waals surface area contributed by atoms with Gasteiger partial charge in [0.25, 0.3) is 5.91 Å². The zero-order valence-electron chi connectivity index (χ0n) is 24.8. The molecule has 1 aromatic carbocycles. The summed E-state index contributed by atoms with van der Waals surface area (Å²) in [6, 6.07) is 5.59. The standard InChI is InChI=1S/C31H52BrNO9/c1-2-3-4-5-6-7-8-9-10-11-12-13-17-24(35)26(36)23(33-30(40)21-15-14-16-22(32)18-21)20-41-31-29(39)28(38)27(37)25(19-34)42-31/h14-16,18,23-29,31,34-39H,2-13,17,19-20H2,1H3,(H,33,40)/t23-,24+,25?,26-,27?,28?,29?,31?/m0/s1. The third-order valence-electron chi connectivity index (χ3n) is 7.85. The van der Waals surface area contributed by atoms with E-state index in [2.05, 4.69) is 28.2 Å². The summed E-state index contributed by atoms with van der Waals surface area (Å²) >= 11 is 3.33. The van der Waals surface area contributed by atoms with E-state index in [4.69, 9.17) is 9.47 Å². The minimum absolute atomic E-state index is 0.324. The number of aliphatic hydroxyl groups excluding tert-OH is 6. The Kier molecular flexibility index (Phi) is 18.3. The lowest BCUT2D eigenvalue weighted by Gasteiger charge is -2.40. The number of carbonyl (C=O) groups is 1. The van der Waals surface area contributed by atoms with Crippen molar-refractivity contribution >= 4 is 21.8 Å². The van der Waals surface area contributed by atoms with Gasteiger partial charge in [0.2, 0.25) is 0 Å². The highest BCUT2D eigenvalue weighted by atomic mass is 79.9. The topological polar surface area (TPSA) is 169 Å². The summed E-state index contributed by atoms with van der Waals surface area (Å²) in [7, 11) is 0. The van der Waals surface area contributed by atoms with Crippen LogP contribution in [-0.4, -0.2) is 98.7 Å². The molecule has 0 bridgehead atoms. The lowest BCUT2D eigenvalue weighted by molar-refractivity contribution is -0.303. The minimum Gasteiger partial charge on any atom is -0.394 e. The van der Waals surface area contributed by atoms with Crippen LogP contribution in [0.4, 0.5) is 0 Å². The summed E-state index contributed by atoms with van der Waals surface area (Å²) < 4.78 is 11.7. The molecule has 7 N–H and O–H groups in total. The quantitative estimate of drug-likeness (QED) is 0.0978. The first-order chi connectivity index (χ1) is 20.2. The SMILES string of the molecule is CCCCCCCCCCCCCC[C@@H](O)[C@@H](O)[C@H](COC1OC(CO)C(O)C(O)C1O)NC(=O)c1cccc(Br)c1. The Morgan fingerprint density at radius 2 is 1.52 bits per heavy atom. The van der Waals surface area contributed by atoms with Gasteiger partial charge >= 0.3 is 0 Å². The molecular weight excluding hydrogens is 610 g/mol. The van der Waals surface area contributed by atoms with Crippen molar-refractivity contribution in [3.05, 3.63) is 34.3 Å². The maximum Gasteiger partial charge on any atom is 0.251 e. The number of nitrogens with one attached hydrogen (secondary N) is 1. The van der Waals surface area contributed by atoms with E-state index >= 15 is 0 Å². The van der Waals surface area contributed by atoms with Crippen LogP contribution in [0.25, 0.3) is 0 Å². The lowest BCUT2D eigenvalue weighted by Crippen LogP contribution is -2.60. The second kappa shape index (κ2) is 20.7. The van der Waals surface area contributed by atoms with E-state index in [-0.39, 0.29) is 6.61 Å². The van der Waals surface area contributed by atoms with Gasteiger partial charge in [0, 0.05) is 10.0 Å². The molecule has 5 unspecified atom stereocenters. The molecule has 1 heterocycles. The number of hydrogen-bond donors (Lipinski definition) is 7. The zero-order chi connectivity index (χ0) is 30.9.